The summed E-state index contributed by atoms with van der Waals surface area (Å²) < 4.78 is 5.31. The van der Waals surface area contributed by atoms with E-state index in [0.29, 0.717) is 17.9 Å². The van der Waals surface area contributed by atoms with Crippen molar-refractivity contribution >= 4 is 5.78 Å². The fourth-order valence-electron chi connectivity index (χ4n) is 1.50. The number of carbonyl (C=O) groups excluding carboxylic acids is 1. The Morgan fingerprint density at radius 3 is 2.56 bits per heavy atom. The van der Waals surface area contributed by atoms with Gasteiger partial charge in [0, 0.05) is 11.8 Å². The number of nitrogens with one attached hydrogen (secondary N) is 1. The van der Waals surface area contributed by atoms with Gasteiger partial charge in [-0.1, -0.05) is 0 Å². The van der Waals surface area contributed by atoms with E-state index in [9.17, 15) is 4.79 Å². The van der Waals surface area contributed by atoms with Gasteiger partial charge in [-0.25, -0.2) is 0 Å². The Hall–Kier alpha value is -2.03. The highest BCUT2D eigenvalue weighted by Gasteiger charge is 2.08. The van der Waals surface area contributed by atoms with Crippen LogP contribution >= 0.6 is 0 Å². The summed E-state index contributed by atoms with van der Waals surface area (Å²) in [6.45, 7) is 2.56. The quantitative estimate of drug-likeness (QED) is 0.796. The molecule has 82 valence electrons. The van der Waals surface area contributed by atoms with Crippen LogP contribution in [0, 0.1) is 0 Å². The van der Waals surface area contributed by atoms with E-state index < -0.39 is 0 Å². The molecule has 16 heavy (non-hydrogen) atoms. The van der Waals surface area contributed by atoms with Crippen LogP contribution in [0.3, 0.4) is 0 Å². The highest BCUT2D eigenvalue weighted by molar-refractivity contribution is 6.07. The van der Waals surface area contributed by atoms with Gasteiger partial charge in [-0.3, -0.25) is 4.79 Å². The van der Waals surface area contributed by atoms with Gasteiger partial charge in [-0.15, -0.1) is 0 Å². The molecule has 2 rings (SSSR count). The van der Waals surface area contributed by atoms with Crippen molar-refractivity contribution < 1.29 is 9.53 Å². The number of rotatable bonds is 4. The van der Waals surface area contributed by atoms with Crippen molar-refractivity contribution in [2.45, 2.75) is 6.92 Å². The molecule has 1 heterocycles. The maximum atomic E-state index is 11.9. The molecule has 0 unspecified atom stereocenters. The van der Waals surface area contributed by atoms with E-state index in [1.54, 1.807) is 36.5 Å². The summed E-state index contributed by atoms with van der Waals surface area (Å²) in [5.74, 6) is 0.776. The number of hydrogen-bond acceptors (Lipinski definition) is 2. The maximum absolute atomic E-state index is 11.9. The van der Waals surface area contributed by atoms with Gasteiger partial charge < -0.3 is 9.72 Å². The van der Waals surface area contributed by atoms with Crippen LogP contribution in [0.4, 0.5) is 0 Å². The first-order chi connectivity index (χ1) is 7.81. The van der Waals surface area contributed by atoms with Crippen LogP contribution in [-0.2, 0) is 0 Å². The molecule has 0 spiro atoms. The van der Waals surface area contributed by atoms with Crippen molar-refractivity contribution in [1.29, 1.82) is 0 Å². The fraction of sp³-hybridized carbons (Fsp3) is 0.154. The Balaban J connectivity index is 2.19. The molecule has 0 aliphatic heterocycles. The number of ether oxygens (including phenoxy) is 1. The molecule has 0 atom stereocenters. The predicted molar refractivity (Wildman–Crippen MR) is 61.8 cm³/mol. The van der Waals surface area contributed by atoms with Gasteiger partial charge in [-0.2, -0.15) is 0 Å². The van der Waals surface area contributed by atoms with Crippen LogP contribution < -0.4 is 4.74 Å². The number of benzene rings is 1. The third kappa shape index (κ3) is 2.14. The predicted octanol–water partition coefficient (Wildman–Crippen LogP) is 2.64. The van der Waals surface area contributed by atoms with E-state index in [4.69, 9.17) is 4.74 Å². The van der Waals surface area contributed by atoms with E-state index in [-0.39, 0.29) is 5.78 Å². The monoisotopic (exact) mass is 215 g/mol. The number of aromatic amines is 1. The zero-order valence-electron chi connectivity index (χ0n) is 9.07. The summed E-state index contributed by atoms with van der Waals surface area (Å²) in [4.78, 5) is 14.8. The van der Waals surface area contributed by atoms with Crippen LogP contribution in [-0.4, -0.2) is 17.4 Å². The average molecular weight is 215 g/mol. The summed E-state index contributed by atoms with van der Waals surface area (Å²) in [5.41, 5.74) is 1.26. The molecule has 3 heteroatoms. The first-order valence-corrected chi connectivity index (χ1v) is 5.22. The third-order valence-corrected chi connectivity index (χ3v) is 2.27. The summed E-state index contributed by atoms with van der Waals surface area (Å²) in [5, 5.41) is 0. The van der Waals surface area contributed by atoms with Crippen molar-refractivity contribution in [3.8, 4) is 5.75 Å². The minimum atomic E-state index is -0.00644. The van der Waals surface area contributed by atoms with Crippen LogP contribution in [0.2, 0.25) is 0 Å². The summed E-state index contributed by atoms with van der Waals surface area (Å²) >= 11 is 0. The Kier molecular flexibility index (Phi) is 3.05. The first-order valence-electron chi connectivity index (χ1n) is 5.22. The van der Waals surface area contributed by atoms with Crippen molar-refractivity contribution in [2.75, 3.05) is 6.61 Å². The van der Waals surface area contributed by atoms with Crippen molar-refractivity contribution in [3.63, 3.8) is 0 Å². The largest absolute Gasteiger partial charge is 0.494 e. The Bertz CT molecular complexity index is 457. The lowest BCUT2D eigenvalue weighted by Crippen LogP contribution is -2.01. The molecule has 0 fully saturated rings. The van der Waals surface area contributed by atoms with Gasteiger partial charge in [0.25, 0.3) is 0 Å². The van der Waals surface area contributed by atoms with Crippen molar-refractivity contribution in [1.82, 2.24) is 4.98 Å². The van der Waals surface area contributed by atoms with Gasteiger partial charge >= 0.3 is 0 Å². The normalized spacial score (nSPS) is 10.1. The SMILES string of the molecule is CCOc1ccc(C(=O)c2ccc[nH]2)cc1. The molecule has 1 aromatic heterocycles. The molecular weight excluding hydrogens is 202 g/mol. The van der Waals surface area contributed by atoms with Crippen LogP contribution in [0.25, 0.3) is 0 Å². The molecule has 2 aromatic rings. The smallest absolute Gasteiger partial charge is 0.209 e. The topological polar surface area (TPSA) is 42.1 Å². The molecule has 1 aromatic carbocycles. The summed E-state index contributed by atoms with van der Waals surface area (Å²) in [6, 6.07) is 10.7. The number of H-pyrrole nitrogens is 1. The van der Waals surface area contributed by atoms with E-state index >= 15 is 0 Å². The molecule has 0 amide bonds. The van der Waals surface area contributed by atoms with Crippen molar-refractivity contribution in [3.05, 3.63) is 53.9 Å². The highest BCUT2D eigenvalue weighted by Crippen LogP contribution is 2.14. The van der Waals surface area contributed by atoms with Gasteiger partial charge in [-0.05, 0) is 43.3 Å². The number of hydrogen-bond donors (Lipinski definition) is 1. The maximum Gasteiger partial charge on any atom is 0.209 e. The molecule has 0 radical (unpaired) electrons. The third-order valence-electron chi connectivity index (χ3n) is 2.27. The minimum absolute atomic E-state index is 0.00644. The highest BCUT2D eigenvalue weighted by atomic mass is 16.5. The zero-order valence-corrected chi connectivity index (χ0v) is 9.07. The molecule has 0 aliphatic rings. The molecular formula is C13H13NO2. The lowest BCUT2D eigenvalue weighted by Gasteiger charge is -2.03. The molecule has 3 nitrogen and oxygen atoms in total. The molecule has 0 bridgehead atoms. The second kappa shape index (κ2) is 4.66. The van der Waals surface area contributed by atoms with Crippen LogP contribution in [0.5, 0.6) is 5.75 Å². The van der Waals surface area contributed by atoms with E-state index in [1.165, 1.54) is 0 Å². The van der Waals surface area contributed by atoms with Crippen LogP contribution in [0.15, 0.2) is 42.6 Å². The van der Waals surface area contributed by atoms with Crippen molar-refractivity contribution in [2.24, 2.45) is 0 Å². The van der Waals surface area contributed by atoms with E-state index in [0.717, 1.165) is 5.75 Å². The standard InChI is InChI=1S/C13H13NO2/c1-2-16-11-7-5-10(6-8-11)13(15)12-4-3-9-14-12/h3-9,14H,2H2,1H3. The number of ketones is 1. The van der Waals surface area contributed by atoms with Gasteiger partial charge in [0.05, 0.1) is 12.3 Å². The first kappa shape index (κ1) is 10.5. The zero-order chi connectivity index (χ0) is 11.4. The summed E-state index contributed by atoms with van der Waals surface area (Å²) in [7, 11) is 0. The second-order valence-corrected chi connectivity index (χ2v) is 3.37. The van der Waals surface area contributed by atoms with Gasteiger partial charge in [0.1, 0.15) is 5.75 Å². The molecule has 1 N–H and O–H groups in total. The Morgan fingerprint density at radius 1 is 1.25 bits per heavy atom. The number of carbonyl (C=O) groups is 1. The van der Waals surface area contributed by atoms with Gasteiger partial charge in [0.2, 0.25) is 5.78 Å². The fourth-order valence-corrected chi connectivity index (χ4v) is 1.50. The lowest BCUT2D eigenvalue weighted by molar-refractivity contribution is 0.103. The second-order valence-electron chi connectivity index (χ2n) is 3.37. The average Bonchev–Trinajstić information content (AvgIpc) is 2.83. The van der Waals surface area contributed by atoms with Gasteiger partial charge in [0.15, 0.2) is 0 Å². The van der Waals surface area contributed by atoms with E-state index in [2.05, 4.69) is 4.98 Å². The lowest BCUT2D eigenvalue weighted by atomic mass is 10.1. The summed E-state index contributed by atoms with van der Waals surface area (Å²) in [6.07, 6.45) is 1.74. The number of aromatic nitrogens is 1. The van der Waals surface area contributed by atoms with Crippen LogP contribution in [0.1, 0.15) is 23.0 Å². The Morgan fingerprint density at radius 2 is 2.00 bits per heavy atom. The molecule has 0 aliphatic carbocycles. The molecule has 0 saturated carbocycles. The van der Waals surface area contributed by atoms with E-state index in [1.807, 2.05) is 13.0 Å². The Labute approximate surface area is 94.1 Å². The molecule has 0 saturated heterocycles. The minimum Gasteiger partial charge on any atom is -0.494 e.